The molecule has 3 aliphatic rings. The van der Waals surface area contributed by atoms with E-state index in [-0.39, 0.29) is 5.91 Å². The van der Waals surface area contributed by atoms with Crippen LogP contribution in [0.15, 0.2) is 24.3 Å². The summed E-state index contributed by atoms with van der Waals surface area (Å²) in [6, 6.07) is 9.43. The Morgan fingerprint density at radius 3 is 2.38 bits per heavy atom. The molecule has 2 heterocycles. The number of rotatable bonds is 2. The van der Waals surface area contributed by atoms with Gasteiger partial charge in [-0.15, -0.1) is 0 Å². The van der Waals surface area contributed by atoms with Crippen LogP contribution in [-0.2, 0) is 6.42 Å². The fourth-order valence-corrected chi connectivity index (χ4v) is 4.11. The average Bonchev–Trinajstić information content (AvgIpc) is 2.47. The van der Waals surface area contributed by atoms with Crippen molar-refractivity contribution in [1.29, 1.82) is 0 Å². The van der Waals surface area contributed by atoms with Crippen molar-refractivity contribution in [3.05, 3.63) is 35.4 Å². The van der Waals surface area contributed by atoms with E-state index in [1.807, 2.05) is 18.2 Å². The second-order valence-corrected chi connectivity index (χ2v) is 6.76. The molecule has 21 heavy (non-hydrogen) atoms. The van der Waals surface area contributed by atoms with E-state index >= 15 is 0 Å². The molecule has 1 saturated heterocycles. The highest BCUT2D eigenvalue weighted by molar-refractivity contribution is 5.96. The SMILES string of the molecule is O=C1c2ccccc2CCN1C1CCN(C2CCC2)CC1. The number of benzene rings is 1. The smallest absolute Gasteiger partial charge is 0.254 e. The Morgan fingerprint density at radius 1 is 0.905 bits per heavy atom. The van der Waals surface area contributed by atoms with Crippen LogP contribution < -0.4 is 0 Å². The van der Waals surface area contributed by atoms with E-state index in [0.29, 0.717) is 6.04 Å². The van der Waals surface area contributed by atoms with Gasteiger partial charge in [-0.1, -0.05) is 24.6 Å². The molecule has 2 fully saturated rings. The van der Waals surface area contributed by atoms with Gasteiger partial charge in [0.05, 0.1) is 0 Å². The molecule has 1 amide bonds. The molecule has 1 saturated carbocycles. The lowest BCUT2D eigenvalue weighted by Crippen LogP contribution is -2.52. The van der Waals surface area contributed by atoms with Crippen LogP contribution in [0.4, 0.5) is 0 Å². The standard InChI is InChI=1S/C18H24N2O/c21-18-17-7-2-1-4-14(17)8-13-20(18)16-9-11-19(12-10-16)15-5-3-6-15/h1-2,4,7,15-16H,3,5-6,8-13H2. The summed E-state index contributed by atoms with van der Waals surface area (Å²) in [5.41, 5.74) is 2.16. The van der Waals surface area contributed by atoms with Crippen molar-refractivity contribution in [2.75, 3.05) is 19.6 Å². The van der Waals surface area contributed by atoms with Crippen molar-refractivity contribution in [2.45, 2.75) is 50.6 Å². The van der Waals surface area contributed by atoms with Gasteiger partial charge in [0.25, 0.3) is 5.91 Å². The van der Waals surface area contributed by atoms with Gasteiger partial charge in [-0.25, -0.2) is 0 Å². The number of amides is 1. The Balaban J connectivity index is 1.42. The maximum Gasteiger partial charge on any atom is 0.254 e. The number of piperidine rings is 1. The second kappa shape index (κ2) is 5.45. The van der Waals surface area contributed by atoms with Crippen molar-refractivity contribution < 1.29 is 4.79 Å². The predicted molar refractivity (Wildman–Crippen MR) is 83.4 cm³/mol. The number of nitrogens with zero attached hydrogens (tertiary/aromatic N) is 2. The van der Waals surface area contributed by atoms with E-state index in [0.717, 1.165) is 37.4 Å². The minimum atomic E-state index is 0.263. The van der Waals surface area contributed by atoms with Gasteiger partial charge in [-0.3, -0.25) is 4.79 Å². The van der Waals surface area contributed by atoms with Crippen molar-refractivity contribution in [2.24, 2.45) is 0 Å². The lowest BCUT2D eigenvalue weighted by molar-refractivity contribution is 0.0415. The molecule has 3 heteroatoms. The Hall–Kier alpha value is -1.35. The van der Waals surface area contributed by atoms with E-state index in [9.17, 15) is 4.79 Å². The summed E-state index contributed by atoms with van der Waals surface area (Å²) < 4.78 is 0. The highest BCUT2D eigenvalue weighted by Crippen LogP contribution is 2.30. The van der Waals surface area contributed by atoms with Gasteiger partial charge in [0.15, 0.2) is 0 Å². The van der Waals surface area contributed by atoms with Crippen LogP contribution in [0.5, 0.6) is 0 Å². The van der Waals surface area contributed by atoms with Crippen LogP contribution in [0.2, 0.25) is 0 Å². The third-order valence-corrected chi connectivity index (χ3v) is 5.66. The third-order valence-electron chi connectivity index (χ3n) is 5.66. The molecule has 0 N–H and O–H groups in total. The van der Waals surface area contributed by atoms with Crippen LogP contribution in [0.3, 0.4) is 0 Å². The van der Waals surface area contributed by atoms with Crippen molar-refractivity contribution in [3.8, 4) is 0 Å². The molecule has 4 rings (SSSR count). The van der Waals surface area contributed by atoms with E-state index in [2.05, 4.69) is 15.9 Å². The second-order valence-electron chi connectivity index (χ2n) is 6.76. The van der Waals surface area contributed by atoms with Gasteiger partial charge in [-0.05, 0) is 43.7 Å². The summed E-state index contributed by atoms with van der Waals surface area (Å²) in [5, 5.41) is 0. The maximum absolute atomic E-state index is 12.7. The van der Waals surface area contributed by atoms with Crippen molar-refractivity contribution in [3.63, 3.8) is 0 Å². The zero-order chi connectivity index (χ0) is 14.2. The van der Waals surface area contributed by atoms with Gasteiger partial charge in [0.1, 0.15) is 0 Å². The first-order valence-corrected chi connectivity index (χ1v) is 8.46. The molecule has 2 aliphatic heterocycles. The molecule has 1 aliphatic carbocycles. The first-order valence-electron chi connectivity index (χ1n) is 8.46. The monoisotopic (exact) mass is 284 g/mol. The normalized spacial score (nSPS) is 24.8. The van der Waals surface area contributed by atoms with Crippen LogP contribution in [-0.4, -0.2) is 47.4 Å². The Kier molecular flexibility index (Phi) is 3.46. The summed E-state index contributed by atoms with van der Waals surface area (Å²) in [6.07, 6.45) is 7.52. The van der Waals surface area contributed by atoms with Crippen molar-refractivity contribution in [1.82, 2.24) is 9.80 Å². The summed E-state index contributed by atoms with van der Waals surface area (Å²) in [5.74, 6) is 0.263. The summed E-state index contributed by atoms with van der Waals surface area (Å²) in [7, 11) is 0. The maximum atomic E-state index is 12.7. The van der Waals surface area contributed by atoms with Crippen LogP contribution >= 0.6 is 0 Å². The molecule has 112 valence electrons. The highest BCUT2D eigenvalue weighted by atomic mass is 16.2. The molecule has 0 radical (unpaired) electrons. The Morgan fingerprint density at radius 2 is 1.67 bits per heavy atom. The lowest BCUT2D eigenvalue weighted by Gasteiger charge is -2.45. The van der Waals surface area contributed by atoms with E-state index in [4.69, 9.17) is 0 Å². The fourth-order valence-electron chi connectivity index (χ4n) is 4.11. The summed E-state index contributed by atoms with van der Waals surface area (Å²) in [4.78, 5) is 17.5. The van der Waals surface area contributed by atoms with Gasteiger partial charge < -0.3 is 9.80 Å². The van der Waals surface area contributed by atoms with Gasteiger partial charge in [0, 0.05) is 37.3 Å². The van der Waals surface area contributed by atoms with Crippen molar-refractivity contribution >= 4 is 5.91 Å². The fraction of sp³-hybridized carbons (Fsp3) is 0.611. The summed E-state index contributed by atoms with van der Waals surface area (Å²) in [6.45, 7) is 3.27. The number of carbonyl (C=O) groups excluding carboxylic acids is 1. The number of fused-ring (bicyclic) bond motifs is 1. The predicted octanol–water partition coefficient (Wildman–Crippen LogP) is 2.70. The Labute approximate surface area is 126 Å². The van der Waals surface area contributed by atoms with Crippen LogP contribution in [0.25, 0.3) is 0 Å². The highest BCUT2D eigenvalue weighted by Gasteiger charge is 2.34. The average molecular weight is 284 g/mol. The minimum absolute atomic E-state index is 0.263. The molecule has 1 aromatic rings. The molecular weight excluding hydrogens is 260 g/mol. The molecule has 0 unspecified atom stereocenters. The zero-order valence-electron chi connectivity index (χ0n) is 12.6. The third kappa shape index (κ3) is 2.38. The largest absolute Gasteiger partial charge is 0.335 e. The quantitative estimate of drug-likeness (QED) is 0.833. The minimum Gasteiger partial charge on any atom is -0.335 e. The molecule has 0 atom stereocenters. The first-order chi connectivity index (χ1) is 10.3. The number of carbonyl (C=O) groups is 1. The number of hydrogen-bond donors (Lipinski definition) is 0. The summed E-state index contributed by atoms with van der Waals surface area (Å²) >= 11 is 0. The molecular formula is C18H24N2O. The molecule has 3 nitrogen and oxygen atoms in total. The van der Waals surface area contributed by atoms with Gasteiger partial charge >= 0.3 is 0 Å². The van der Waals surface area contributed by atoms with Gasteiger partial charge in [0.2, 0.25) is 0 Å². The number of hydrogen-bond acceptors (Lipinski definition) is 2. The zero-order valence-corrected chi connectivity index (χ0v) is 12.6. The molecule has 0 bridgehead atoms. The van der Waals surface area contributed by atoms with E-state index in [1.54, 1.807) is 0 Å². The lowest BCUT2D eigenvalue weighted by atomic mass is 9.88. The van der Waals surface area contributed by atoms with Gasteiger partial charge in [-0.2, -0.15) is 0 Å². The van der Waals surface area contributed by atoms with Crippen LogP contribution in [0.1, 0.15) is 48.0 Å². The topological polar surface area (TPSA) is 23.6 Å². The first kappa shape index (κ1) is 13.3. The Bertz CT molecular complexity index is 530. The molecule has 0 spiro atoms. The van der Waals surface area contributed by atoms with E-state index < -0.39 is 0 Å². The molecule has 1 aromatic carbocycles. The number of likely N-dealkylation sites (tertiary alicyclic amines) is 1. The molecule has 0 aromatic heterocycles. The van der Waals surface area contributed by atoms with Crippen LogP contribution in [0, 0.1) is 0 Å². The van der Waals surface area contributed by atoms with E-state index in [1.165, 1.54) is 37.9 Å².